The molecule has 2 aromatic carbocycles. The van der Waals surface area contributed by atoms with Crippen LogP contribution in [0.15, 0.2) is 48.5 Å². The van der Waals surface area contributed by atoms with Gasteiger partial charge in [-0.2, -0.15) is 13.2 Å². The summed E-state index contributed by atoms with van der Waals surface area (Å²) in [4.78, 5) is 112. The van der Waals surface area contributed by atoms with Crippen LogP contribution in [-0.2, 0) is 51.2 Å². The number of likely N-dealkylation sites (N-methyl/N-ethyl adjacent to an activating group) is 2. The van der Waals surface area contributed by atoms with Gasteiger partial charge in [0.05, 0.1) is 12.1 Å². The van der Waals surface area contributed by atoms with Gasteiger partial charge in [0.1, 0.15) is 30.2 Å². The third-order valence-corrected chi connectivity index (χ3v) is 14.4. The van der Waals surface area contributed by atoms with Crippen molar-refractivity contribution >= 4 is 47.1 Å². The summed E-state index contributed by atoms with van der Waals surface area (Å²) < 4.78 is 40.0. The second-order valence-corrected chi connectivity index (χ2v) is 19.0. The molecule has 15 nitrogen and oxygen atoms in total. The van der Waals surface area contributed by atoms with Crippen molar-refractivity contribution in [3.63, 3.8) is 0 Å². The molecule has 380 valence electrons. The van der Waals surface area contributed by atoms with Crippen molar-refractivity contribution in [1.29, 1.82) is 0 Å². The van der Waals surface area contributed by atoms with Gasteiger partial charge < -0.3 is 35.6 Å². The third-order valence-electron chi connectivity index (χ3n) is 14.4. The number of hydrogen-bond donors (Lipinski definition) is 3. The fraction of sp³-hybridized carbons (Fsp3) is 0.547. The molecule has 4 aliphatic rings. The second-order valence-electron chi connectivity index (χ2n) is 19.0. The highest BCUT2D eigenvalue weighted by molar-refractivity contribution is 5.96. The number of carbonyl (C=O) groups excluding carboxylic acids is 8. The summed E-state index contributed by atoms with van der Waals surface area (Å²) in [5.41, 5.74) is 4.49. The number of fused-ring (bicyclic) bond motifs is 2. The average molecular weight is 984 g/mol. The van der Waals surface area contributed by atoms with Crippen molar-refractivity contribution in [3.05, 3.63) is 70.8 Å². The molecule has 2 aromatic rings. The molecule has 0 unspecified atom stereocenters. The highest BCUT2D eigenvalue weighted by atomic mass is 19.4. The van der Waals surface area contributed by atoms with E-state index in [4.69, 9.17) is 0 Å². The van der Waals surface area contributed by atoms with Gasteiger partial charge in [-0.3, -0.25) is 38.4 Å². The van der Waals surface area contributed by atoms with E-state index < -0.39 is 78.4 Å². The molecule has 2 fully saturated rings. The fourth-order valence-electron chi connectivity index (χ4n) is 10.1. The van der Waals surface area contributed by atoms with Crippen LogP contribution in [0.3, 0.4) is 0 Å². The van der Waals surface area contributed by atoms with Gasteiger partial charge in [0.2, 0.25) is 35.4 Å². The number of alkyl halides is 3. The maximum absolute atomic E-state index is 14.3. The number of rotatable bonds is 15. The van der Waals surface area contributed by atoms with E-state index in [2.05, 4.69) is 51.8 Å². The zero-order chi connectivity index (χ0) is 51.6. The van der Waals surface area contributed by atoms with Crippen molar-refractivity contribution in [1.82, 2.24) is 35.6 Å². The molecule has 0 aromatic heterocycles. The van der Waals surface area contributed by atoms with Crippen LogP contribution in [0.2, 0.25) is 0 Å². The SMILES string of the molecule is CC(=O)N(C)[C@@H](C)C(=O)N[C@@H](CC#CC#CC[C@H](NC(=O)[C@H](C)N(C)C(=O)C(F)(F)F)C(=O)N1CCC[C@H]1C(=O)N[C@@H]1CCCc2ccccc21)C(=O)N1CCC[C@H]1C(=O)C[C@@H]1CCCc2ccccc21. The standard InChI is InChI=1S/C53H64F3N7O8/c1-33(60(4)35(3)64)47(66)58-42(50(69)62-30-16-28-44(62)46(65)32-38-22-14-20-36-18-10-12-23-39(36)38)25-8-6-7-9-26-43(59-48(67)34(2)61(5)52(71)53(54,55)56)51(70)63-31-17-29-45(63)49(68)57-41-27-15-21-37-19-11-13-24-40(37)41/h10-13,18-19,23-24,33-34,38,41-45H,14-17,20-22,25-32H2,1-5H3,(H,57,68)(H,58,66)(H,59,67)/t33-,34-,38-,41+,42-,43-,44-,45-/m0/s1. The van der Waals surface area contributed by atoms with Crippen LogP contribution in [0.5, 0.6) is 0 Å². The molecule has 0 bridgehead atoms. The van der Waals surface area contributed by atoms with Crippen LogP contribution < -0.4 is 16.0 Å². The first kappa shape index (κ1) is 53.7. The Morgan fingerprint density at radius 3 is 1.73 bits per heavy atom. The minimum absolute atomic E-state index is 0.0285. The Morgan fingerprint density at radius 2 is 1.17 bits per heavy atom. The van der Waals surface area contributed by atoms with E-state index in [0.717, 1.165) is 62.8 Å². The summed E-state index contributed by atoms with van der Waals surface area (Å²) in [5.74, 6) is 4.77. The van der Waals surface area contributed by atoms with Crippen LogP contribution in [0, 0.1) is 23.7 Å². The van der Waals surface area contributed by atoms with Gasteiger partial charge in [-0.15, -0.1) is 0 Å². The van der Waals surface area contributed by atoms with Crippen molar-refractivity contribution in [2.24, 2.45) is 0 Å². The molecule has 3 N–H and O–H groups in total. The number of amides is 7. The highest BCUT2D eigenvalue weighted by Gasteiger charge is 2.45. The van der Waals surface area contributed by atoms with Gasteiger partial charge in [-0.25, -0.2) is 0 Å². The molecule has 8 atom stereocenters. The number of halogens is 3. The molecule has 2 heterocycles. The Balaban J connectivity index is 1.19. The zero-order valence-electron chi connectivity index (χ0n) is 41.0. The Morgan fingerprint density at radius 1 is 0.676 bits per heavy atom. The molecular formula is C53H64F3N7O8. The highest BCUT2D eigenvalue weighted by Crippen LogP contribution is 2.36. The van der Waals surface area contributed by atoms with Crippen molar-refractivity contribution < 1.29 is 51.5 Å². The van der Waals surface area contributed by atoms with E-state index in [9.17, 15) is 51.5 Å². The Bertz CT molecular complexity index is 2490. The molecule has 7 amide bonds. The number of hydrogen-bond acceptors (Lipinski definition) is 8. The lowest BCUT2D eigenvalue weighted by atomic mass is 9.79. The molecule has 2 aliphatic carbocycles. The lowest BCUT2D eigenvalue weighted by molar-refractivity contribution is -0.186. The lowest BCUT2D eigenvalue weighted by Gasteiger charge is -2.32. The van der Waals surface area contributed by atoms with Crippen LogP contribution >= 0.6 is 0 Å². The van der Waals surface area contributed by atoms with Gasteiger partial charge in [0.15, 0.2) is 5.78 Å². The van der Waals surface area contributed by atoms with Crippen molar-refractivity contribution in [2.75, 3.05) is 27.2 Å². The maximum atomic E-state index is 14.3. The quantitative estimate of drug-likeness (QED) is 0.221. The molecule has 0 radical (unpaired) electrons. The number of benzene rings is 2. The summed E-state index contributed by atoms with van der Waals surface area (Å²) in [6.07, 6.45) is 1.35. The average Bonchev–Trinajstić information content (AvgIpc) is 4.06. The monoisotopic (exact) mass is 983 g/mol. The van der Waals surface area contributed by atoms with Crippen LogP contribution in [0.25, 0.3) is 0 Å². The smallest absolute Gasteiger partial charge is 0.347 e. The van der Waals surface area contributed by atoms with E-state index >= 15 is 0 Å². The minimum atomic E-state index is -5.26. The van der Waals surface area contributed by atoms with E-state index in [1.54, 1.807) is 0 Å². The number of likely N-dealkylation sites (tertiary alicyclic amines) is 2. The zero-order valence-corrected chi connectivity index (χ0v) is 41.0. The fourth-order valence-corrected chi connectivity index (χ4v) is 10.1. The summed E-state index contributed by atoms with van der Waals surface area (Å²) >= 11 is 0. The molecule has 2 aliphatic heterocycles. The summed E-state index contributed by atoms with van der Waals surface area (Å²) in [7, 11) is 2.27. The number of nitrogens with one attached hydrogen (secondary N) is 3. The third kappa shape index (κ3) is 13.2. The van der Waals surface area contributed by atoms with Crippen LogP contribution in [0.4, 0.5) is 13.2 Å². The van der Waals surface area contributed by atoms with Gasteiger partial charge >= 0.3 is 12.1 Å². The normalized spacial score (nSPS) is 21.0. The number of aryl methyl sites for hydroxylation is 2. The van der Waals surface area contributed by atoms with Crippen molar-refractivity contribution in [3.8, 4) is 23.7 Å². The molecular weight excluding hydrogens is 920 g/mol. The molecule has 2 saturated heterocycles. The summed E-state index contributed by atoms with van der Waals surface area (Å²) in [6, 6.07) is 8.66. The first-order valence-electron chi connectivity index (χ1n) is 24.5. The number of Topliss-reactive ketones (excluding diaryl/α,β-unsaturated/α-hetero) is 1. The van der Waals surface area contributed by atoms with E-state index in [0.29, 0.717) is 32.1 Å². The first-order valence-corrected chi connectivity index (χ1v) is 24.5. The Labute approximate surface area is 413 Å². The van der Waals surface area contributed by atoms with Crippen LogP contribution in [0.1, 0.15) is 126 Å². The lowest BCUT2D eigenvalue weighted by Crippen LogP contribution is -2.57. The second kappa shape index (κ2) is 23.9. The van der Waals surface area contributed by atoms with Gasteiger partial charge in [-0.1, -0.05) is 60.4 Å². The minimum Gasteiger partial charge on any atom is -0.347 e. The number of nitrogens with zero attached hydrogens (tertiary/aromatic N) is 4. The molecule has 0 saturated carbocycles. The number of ketones is 1. The molecule has 18 heteroatoms. The predicted molar refractivity (Wildman–Crippen MR) is 256 cm³/mol. The predicted octanol–water partition coefficient (Wildman–Crippen LogP) is 4.27. The van der Waals surface area contributed by atoms with E-state index in [-0.39, 0.29) is 60.4 Å². The summed E-state index contributed by atoms with van der Waals surface area (Å²) in [6.45, 7) is 4.33. The molecule has 71 heavy (non-hydrogen) atoms. The largest absolute Gasteiger partial charge is 0.471 e. The van der Waals surface area contributed by atoms with E-state index in [1.807, 2.05) is 36.4 Å². The molecule has 0 spiro atoms. The molecule has 6 rings (SSSR count). The van der Waals surface area contributed by atoms with Crippen LogP contribution in [-0.4, -0.2) is 136 Å². The van der Waals surface area contributed by atoms with E-state index in [1.165, 1.54) is 41.2 Å². The van der Waals surface area contributed by atoms with Gasteiger partial charge in [0.25, 0.3) is 0 Å². The Kier molecular flexibility index (Phi) is 18.1. The Hall–Kier alpha value is -6.69. The van der Waals surface area contributed by atoms with Gasteiger partial charge in [0, 0.05) is 53.4 Å². The van der Waals surface area contributed by atoms with Gasteiger partial charge in [-0.05, 0) is 118 Å². The number of carbonyl (C=O) groups is 8. The summed E-state index contributed by atoms with van der Waals surface area (Å²) in [5, 5.41) is 8.28. The maximum Gasteiger partial charge on any atom is 0.471 e. The topological polar surface area (TPSA) is 186 Å². The first-order chi connectivity index (χ1) is 33.8. The van der Waals surface area contributed by atoms with Crippen molar-refractivity contribution in [2.45, 2.75) is 159 Å².